The number of pyridine rings is 1. The Morgan fingerprint density at radius 3 is 2.35 bits per heavy atom. The number of anilines is 2. The Morgan fingerprint density at radius 1 is 0.975 bits per heavy atom. The maximum Gasteiger partial charge on any atom is 0.408 e. The second-order valence-electron chi connectivity index (χ2n) is 10.2. The molecule has 1 saturated heterocycles. The van der Waals surface area contributed by atoms with Gasteiger partial charge in [0, 0.05) is 44.0 Å². The number of imidazole rings is 1. The van der Waals surface area contributed by atoms with Crippen molar-refractivity contribution in [1.29, 1.82) is 0 Å². The molecule has 1 unspecified atom stereocenters. The van der Waals surface area contributed by atoms with Crippen LogP contribution in [0.25, 0.3) is 22.3 Å². The van der Waals surface area contributed by atoms with E-state index in [4.69, 9.17) is 0 Å². The van der Waals surface area contributed by atoms with E-state index in [1.165, 1.54) is 23.2 Å². The van der Waals surface area contributed by atoms with Crippen LogP contribution >= 0.6 is 0 Å². The number of nitrogens with one attached hydrogen (secondary N) is 1. The summed E-state index contributed by atoms with van der Waals surface area (Å²) in [5.41, 5.74) is 2.38. The van der Waals surface area contributed by atoms with Gasteiger partial charge in [0.05, 0.1) is 17.2 Å². The first kappa shape index (κ1) is 27.9. The van der Waals surface area contributed by atoms with Gasteiger partial charge in [0.15, 0.2) is 5.82 Å². The third kappa shape index (κ3) is 5.64. The van der Waals surface area contributed by atoms with Crippen LogP contribution in [0, 0.1) is 12.7 Å². The van der Waals surface area contributed by atoms with Gasteiger partial charge < -0.3 is 14.8 Å². The summed E-state index contributed by atoms with van der Waals surface area (Å²) in [5.74, 6) is 0.588. The molecule has 5 rings (SSSR count). The lowest BCUT2D eigenvalue weighted by Crippen LogP contribution is -2.50. The largest absolute Gasteiger partial charge is 0.408 e. The third-order valence-corrected chi connectivity index (χ3v) is 7.27. The smallest absolute Gasteiger partial charge is 0.326 e. The first-order valence-electron chi connectivity index (χ1n) is 13.3. The maximum atomic E-state index is 14.8. The molecule has 0 saturated carbocycles. The Hall–Kier alpha value is -3.64. The highest BCUT2D eigenvalue weighted by molar-refractivity contribution is 5.82. The van der Waals surface area contributed by atoms with Crippen molar-refractivity contribution in [3.05, 3.63) is 59.9 Å². The van der Waals surface area contributed by atoms with Crippen molar-refractivity contribution in [3.8, 4) is 11.3 Å². The van der Waals surface area contributed by atoms with Gasteiger partial charge in [-0.15, -0.1) is 0 Å². The third-order valence-electron chi connectivity index (χ3n) is 7.27. The van der Waals surface area contributed by atoms with E-state index in [0.29, 0.717) is 31.7 Å². The summed E-state index contributed by atoms with van der Waals surface area (Å²) in [4.78, 5) is 20.7. The molecule has 0 aliphatic carbocycles. The molecule has 12 heteroatoms. The lowest BCUT2D eigenvalue weighted by molar-refractivity contribution is -0.190. The topological polar surface area (TPSA) is 75.0 Å². The summed E-state index contributed by atoms with van der Waals surface area (Å²) in [6.45, 7) is 10.7. The van der Waals surface area contributed by atoms with Crippen molar-refractivity contribution >= 4 is 22.8 Å². The van der Waals surface area contributed by atoms with Gasteiger partial charge in [-0.3, -0.25) is 4.90 Å². The number of aromatic nitrogens is 5. The Bertz CT molecular complexity index is 1470. The number of aryl methyl sites for hydroxylation is 1. The molecule has 1 aromatic carbocycles. The van der Waals surface area contributed by atoms with Crippen molar-refractivity contribution in [2.24, 2.45) is 0 Å². The molecule has 212 valence electrons. The van der Waals surface area contributed by atoms with Crippen LogP contribution in [0.15, 0.2) is 42.7 Å². The molecule has 0 bridgehead atoms. The molecule has 4 aromatic rings. The minimum atomic E-state index is -4.44. The standard InChI is InChI=1S/C28H32F4N8/c1-5-38-10-12-39(13-11-38)26(28(30,31)32)20-7-9-24(33-15-20)36-27-34-16-21(29)25(37-27)19-6-8-22-23(14-19)40(17(2)3)18(4)35-22/h6-9,14-17,26H,5,10-13H2,1-4H3,(H,33,34,36,37). The normalized spacial score (nSPS) is 16.1. The number of halogens is 4. The van der Waals surface area contributed by atoms with Crippen molar-refractivity contribution in [2.45, 2.75) is 46.0 Å². The Labute approximate surface area is 230 Å². The zero-order chi connectivity index (χ0) is 28.6. The van der Waals surface area contributed by atoms with Gasteiger partial charge in [-0.25, -0.2) is 24.3 Å². The van der Waals surface area contributed by atoms with Crippen molar-refractivity contribution in [2.75, 3.05) is 38.0 Å². The molecule has 4 heterocycles. The molecule has 3 aromatic heterocycles. The zero-order valence-corrected chi connectivity index (χ0v) is 22.9. The van der Waals surface area contributed by atoms with E-state index in [1.807, 2.05) is 26.0 Å². The summed E-state index contributed by atoms with van der Waals surface area (Å²) < 4.78 is 59.1. The quantitative estimate of drug-likeness (QED) is 0.284. The fourth-order valence-electron chi connectivity index (χ4n) is 5.34. The van der Waals surface area contributed by atoms with E-state index in [1.54, 1.807) is 6.07 Å². The van der Waals surface area contributed by atoms with Gasteiger partial charge in [0.25, 0.3) is 0 Å². The van der Waals surface area contributed by atoms with E-state index in [0.717, 1.165) is 29.6 Å². The Balaban J connectivity index is 1.38. The second-order valence-corrected chi connectivity index (χ2v) is 10.2. The second kappa shape index (κ2) is 11.1. The molecule has 1 aliphatic heterocycles. The summed E-state index contributed by atoms with van der Waals surface area (Å²) in [6, 6.07) is 6.71. The molecule has 40 heavy (non-hydrogen) atoms. The van der Waals surface area contributed by atoms with Crippen LogP contribution in [0.2, 0.25) is 0 Å². The van der Waals surface area contributed by atoms with Crippen LogP contribution in [-0.2, 0) is 0 Å². The first-order chi connectivity index (χ1) is 19.0. The minimum Gasteiger partial charge on any atom is -0.326 e. The van der Waals surface area contributed by atoms with E-state index in [-0.39, 0.29) is 29.1 Å². The molecule has 0 amide bonds. The van der Waals surface area contributed by atoms with Gasteiger partial charge in [-0.05, 0) is 51.1 Å². The number of benzene rings is 1. The summed E-state index contributed by atoms with van der Waals surface area (Å²) in [6.07, 6.45) is -2.16. The minimum absolute atomic E-state index is 0.0640. The number of nitrogens with zero attached hydrogens (tertiary/aromatic N) is 7. The summed E-state index contributed by atoms with van der Waals surface area (Å²) in [5, 5.41) is 2.89. The van der Waals surface area contributed by atoms with E-state index < -0.39 is 18.0 Å². The SMILES string of the molecule is CCN1CCN(C(c2ccc(Nc3ncc(F)c(-c4ccc5nc(C)n(C(C)C)c5c4)n3)nc2)C(F)(F)F)CC1. The number of rotatable bonds is 7. The average Bonchev–Trinajstić information content (AvgIpc) is 3.25. The first-order valence-corrected chi connectivity index (χ1v) is 13.3. The fraction of sp³-hybridized carbons (Fsp3) is 0.429. The summed E-state index contributed by atoms with van der Waals surface area (Å²) >= 11 is 0. The van der Waals surface area contributed by atoms with E-state index in [9.17, 15) is 17.6 Å². The predicted octanol–water partition coefficient (Wildman–Crippen LogP) is 5.90. The summed E-state index contributed by atoms with van der Waals surface area (Å²) in [7, 11) is 0. The van der Waals surface area contributed by atoms with Crippen molar-refractivity contribution in [1.82, 2.24) is 34.3 Å². The molecule has 8 nitrogen and oxygen atoms in total. The zero-order valence-electron chi connectivity index (χ0n) is 22.9. The molecule has 1 N–H and O–H groups in total. The van der Waals surface area contributed by atoms with Crippen molar-refractivity contribution in [3.63, 3.8) is 0 Å². The van der Waals surface area contributed by atoms with E-state index >= 15 is 0 Å². The van der Waals surface area contributed by atoms with Gasteiger partial charge in [-0.2, -0.15) is 13.2 Å². The van der Waals surface area contributed by atoms with Gasteiger partial charge in [-0.1, -0.05) is 19.1 Å². The number of hydrogen-bond acceptors (Lipinski definition) is 7. The fourth-order valence-corrected chi connectivity index (χ4v) is 5.34. The van der Waals surface area contributed by atoms with Crippen LogP contribution in [0.5, 0.6) is 0 Å². The molecule has 1 atom stereocenters. The van der Waals surface area contributed by atoms with Crippen molar-refractivity contribution < 1.29 is 17.6 Å². The average molecular weight is 557 g/mol. The highest BCUT2D eigenvalue weighted by Gasteiger charge is 2.45. The highest BCUT2D eigenvalue weighted by atomic mass is 19.4. The van der Waals surface area contributed by atoms with Gasteiger partial charge >= 0.3 is 6.18 Å². The Kier molecular flexibility index (Phi) is 7.74. The van der Waals surface area contributed by atoms with Crippen LogP contribution in [0.3, 0.4) is 0 Å². The van der Waals surface area contributed by atoms with Crippen LogP contribution in [-0.4, -0.2) is 73.2 Å². The van der Waals surface area contributed by atoms with Gasteiger partial charge in [0.2, 0.25) is 5.95 Å². The van der Waals surface area contributed by atoms with Gasteiger partial charge in [0.1, 0.15) is 23.4 Å². The number of hydrogen-bond donors (Lipinski definition) is 1. The predicted molar refractivity (Wildman–Crippen MR) is 146 cm³/mol. The Morgan fingerprint density at radius 2 is 1.73 bits per heavy atom. The lowest BCUT2D eigenvalue weighted by atomic mass is 10.1. The highest BCUT2D eigenvalue weighted by Crippen LogP contribution is 2.38. The number of alkyl halides is 3. The molecular formula is C28H32F4N8. The number of piperazine rings is 1. The van der Waals surface area contributed by atoms with Crippen LogP contribution in [0.4, 0.5) is 29.3 Å². The maximum absolute atomic E-state index is 14.8. The molecule has 0 radical (unpaired) electrons. The van der Waals surface area contributed by atoms with E-state index in [2.05, 4.69) is 48.6 Å². The lowest BCUT2D eigenvalue weighted by Gasteiger charge is -2.39. The monoisotopic (exact) mass is 556 g/mol. The molecule has 1 aliphatic rings. The molecular weight excluding hydrogens is 524 g/mol. The number of likely N-dealkylation sites (N-methyl/N-ethyl adjacent to an activating group) is 1. The molecule has 1 fully saturated rings. The van der Waals surface area contributed by atoms with Crippen LogP contribution in [0.1, 0.15) is 44.2 Å². The van der Waals surface area contributed by atoms with Crippen LogP contribution < -0.4 is 5.32 Å². The molecule has 0 spiro atoms. The number of fused-ring (bicyclic) bond motifs is 1.